The Morgan fingerprint density at radius 2 is 0.909 bits per heavy atom. The standard InChI is InChI=1S/C21H14O/c22-21(19-11-9-15-5-1-3-7-17(15)13-19)20-12-10-16-6-2-4-8-18(16)14-20/h1-14H. The molecule has 0 aromatic heterocycles. The molecule has 104 valence electrons. The first kappa shape index (κ1) is 12.8. The third kappa shape index (κ3) is 2.17. The quantitative estimate of drug-likeness (QED) is 0.460. The summed E-state index contributed by atoms with van der Waals surface area (Å²) in [6.45, 7) is 0. The first-order chi connectivity index (χ1) is 10.8. The van der Waals surface area contributed by atoms with Gasteiger partial charge in [0.25, 0.3) is 0 Å². The number of carbonyl (C=O) groups is 1. The van der Waals surface area contributed by atoms with Crippen LogP contribution in [0.4, 0.5) is 0 Å². The van der Waals surface area contributed by atoms with Crippen molar-refractivity contribution in [2.24, 2.45) is 0 Å². The van der Waals surface area contributed by atoms with Gasteiger partial charge < -0.3 is 0 Å². The van der Waals surface area contributed by atoms with Crippen LogP contribution in [0.5, 0.6) is 0 Å². The topological polar surface area (TPSA) is 17.1 Å². The summed E-state index contributed by atoms with van der Waals surface area (Å²) in [4.78, 5) is 12.7. The lowest BCUT2D eigenvalue weighted by Crippen LogP contribution is -2.01. The van der Waals surface area contributed by atoms with E-state index in [1.165, 1.54) is 0 Å². The highest BCUT2D eigenvalue weighted by atomic mass is 16.1. The molecule has 1 heteroatoms. The average Bonchev–Trinajstić information content (AvgIpc) is 2.60. The molecule has 0 aliphatic rings. The highest BCUT2D eigenvalue weighted by molar-refractivity contribution is 6.12. The summed E-state index contributed by atoms with van der Waals surface area (Å²) >= 11 is 0. The Hall–Kier alpha value is -2.93. The molecular weight excluding hydrogens is 268 g/mol. The van der Waals surface area contributed by atoms with E-state index in [0.29, 0.717) is 0 Å². The molecule has 4 rings (SSSR count). The van der Waals surface area contributed by atoms with Crippen LogP contribution < -0.4 is 0 Å². The number of carbonyl (C=O) groups excluding carboxylic acids is 1. The van der Waals surface area contributed by atoms with E-state index in [4.69, 9.17) is 0 Å². The van der Waals surface area contributed by atoms with Crippen LogP contribution in [-0.2, 0) is 0 Å². The molecule has 0 spiro atoms. The van der Waals surface area contributed by atoms with Crippen LogP contribution in [0.3, 0.4) is 0 Å². The predicted molar refractivity (Wildman–Crippen MR) is 91.3 cm³/mol. The van der Waals surface area contributed by atoms with Gasteiger partial charge in [-0.25, -0.2) is 0 Å². The Balaban J connectivity index is 1.80. The van der Waals surface area contributed by atoms with Crippen molar-refractivity contribution in [2.75, 3.05) is 0 Å². The second kappa shape index (κ2) is 5.12. The van der Waals surface area contributed by atoms with Gasteiger partial charge >= 0.3 is 0 Å². The van der Waals surface area contributed by atoms with Crippen molar-refractivity contribution in [3.05, 3.63) is 96.1 Å². The molecule has 0 bridgehead atoms. The van der Waals surface area contributed by atoms with Gasteiger partial charge in [-0.05, 0) is 33.7 Å². The fourth-order valence-corrected chi connectivity index (χ4v) is 2.83. The molecule has 0 unspecified atom stereocenters. The average molecular weight is 282 g/mol. The van der Waals surface area contributed by atoms with E-state index in [1.807, 2.05) is 72.8 Å². The van der Waals surface area contributed by atoms with E-state index in [-0.39, 0.29) is 5.78 Å². The fraction of sp³-hybridized carbons (Fsp3) is 0. The van der Waals surface area contributed by atoms with E-state index in [2.05, 4.69) is 12.1 Å². The van der Waals surface area contributed by atoms with Gasteiger partial charge in [-0.2, -0.15) is 0 Å². The molecule has 0 N–H and O–H groups in total. The van der Waals surface area contributed by atoms with E-state index in [1.54, 1.807) is 0 Å². The first-order valence-corrected chi connectivity index (χ1v) is 7.33. The second-order valence-corrected chi connectivity index (χ2v) is 5.45. The van der Waals surface area contributed by atoms with Crippen molar-refractivity contribution in [2.45, 2.75) is 0 Å². The van der Waals surface area contributed by atoms with Gasteiger partial charge in [-0.15, -0.1) is 0 Å². The van der Waals surface area contributed by atoms with Crippen molar-refractivity contribution in [1.82, 2.24) is 0 Å². The summed E-state index contributed by atoms with van der Waals surface area (Å²) in [6.07, 6.45) is 0. The Morgan fingerprint density at radius 1 is 0.500 bits per heavy atom. The van der Waals surface area contributed by atoms with Crippen LogP contribution in [0.15, 0.2) is 84.9 Å². The van der Waals surface area contributed by atoms with Crippen LogP contribution in [0.25, 0.3) is 21.5 Å². The lowest BCUT2D eigenvalue weighted by Gasteiger charge is -2.05. The zero-order chi connectivity index (χ0) is 14.9. The Kier molecular flexibility index (Phi) is 2.97. The molecule has 0 aliphatic carbocycles. The van der Waals surface area contributed by atoms with Crippen LogP contribution in [0.1, 0.15) is 15.9 Å². The largest absolute Gasteiger partial charge is 0.289 e. The summed E-state index contributed by atoms with van der Waals surface area (Å²) in [6, 6.07) is 27.9. The number of benzene rings is 4. The molecular formula is C21H14O. The normalized spacial score (nSPS) is 10.9. The molecule has 0 amide bonds. The number of ketones is 1. The second-order valence-electron chi connectivity index (χ2n) is 5.45. The smallest absolute Gasteiger partial charge is 0.193 e. The molecule has 0 radical (unpaired) electrons. The molecule has 0 saturated heterocycles. The number of hydrogen-bond acceptors (Lipinski definition) is 1. The van der Waals surface area contributed by atoms with Crippen molar-refractivity contribution < 1.29 is 4.79 Å². The van der Waals surface area contributed by atoms with Crippen LogP contribution >= 0.6 is 0 Å². The summed E-state index contributed by atoms with van der Waals surface area (Å²) in [5, 5.41) is 4.48. The van der Waals surface area contributed by atoms with Gasteiger partial charge in [0.2, 0.25) is 0 Å². The number of rotatable bonds is 2. The van der Waals surface area contributed by atoms with E-state index in [9.17, 15) is 4.79 Å². The summed E-state index contributed by atoms with van der Waals surface area (Å²) in [5.74, 6) is 0.0662. The minimum absolute atomic E-state index is 0.0662. The van der Waals surface area contributed by atoms with Crippen LogP contribution in [0.2, 0.25) is 0 Å². The Bertz CT molecular complexity index is 917. The third-order valence-electron chi connectivity index (χ3n) is 4.02. The van der Waals surface area contributed by atoms with Gasteiger partial charge in [0.1, 0.15) is 0 Å². The van der Waals surface area contributed by atoms with E-state index < -0.39 is 0 Å². The predicted octanol–water partition coefficient (Wildman–Crippen LogP) is 5.22. The van der Waals surface area contributed by atoms with Gasteiger partial charge in [0, 0.05) is 11.1 Å². The van der Waals surface area contributed by atoms with E-state index >= 15 is 0 Å². The van der Waals surface area contributed by atoms with Crippen molar-refractivity contribution in [3.8, 4) is 0 Å². The van der Waals surface area contributed by atoms with Gasteiger partial charge in [-0.3, -0.25) is 4.79 Å². The van der Waals surface area contributed by atoms with Gasteiger partial charge in [0.15, 0.2) is 5.78 Å². The maximum Gasteiger partial charge on any atom is 0.193 e. The molecule has 0 fully saturated rings. The van der Waals surface area contributed by atoms with Crippen LogP contribution in [0, 0.1) is 0 Å². The van der Waals surface area contributed by atoms with Gasteiger partial charge in [-0.1, -0.05) is 72.8 Å². The maximum atomic E-state index is 12.7. The summed E-state index contributed by atoms with van der Waals surface area (Å²) in [5.41, 5.74) is 1.46. The van der Waals surface area contributed by atoms with Crippen LogP contribution in [-0.4, -0.2) is 5.78 Å². The zero-order valence-electron chi connectivity index (χ0n) is 12.0. The van der Waals surface area contributed by atoms with Crippen molar-refractivity contribution in [1.29, 1.82) is 0 Å². The third-order valence-corrected chi connectivity index (χ3v) is 4.02. The highest BCUT2D eigenvalue weighted by Crippen LogP contribution is 2.21. The minimum atomic E-state index is 0.0662. The van der Waals surface area contributed by atoms with E-state index in [0.717, 1.165) is 32.7 Å². The number of hydrogen-bond donors (Lipinski definition) is 0. The first-order valence-electron chi connectivity index (χ1n) is 7.33. The molecule has 4 aromatic carbocycles. The number of fused-ring (bicyclic) bond motifs is 2. The molecule has 0 atom stereocenters. The van der Waals surface area contributed by atoms with Crippen molar-refractivity contribution in [3.63, 3.8) is 0 Å². The minimum Gasteiger partial charge on any atom is -0.289 e. The summed E-state index contributed by atoms with van der Waals surface area (Å²) < 4.78 is 0. The molecule has 22 heavy (non-hydrogen) atoms. The fourth-order valence-electron chi connectivity index (χ4n) is 2.83. The zero-order valence-corrected chi connectivity index (χ0v) is 12.0. The van der Waals surface area contributed by atoms with Gasteiger partial charge in [0.05, 0.1) is 0 Å². The molecule has 0 saturated carbocycles. The summed E-state index contributed by atoms with van der Waals surface area (Å²) in [7, 11) is 0. The monoisotopic (exact) mass is 282 g/mol. The Labute approximate surface area is 128 Å². The Morgan fingerprint density at radius 3 is 1.36 bits per heavy atom. The highest BCUT2D eigenvalue weighted by Gasteiger charge is 2.10. The van der Waals surface area contributed by atoms with Crippen molar-refractivity contribution >= 4 is 27.3 Å². The molecule has 0 heterocycles. The SMILES string of the molecule is O=C(c1ccc2ccccc2c1)c1ccc2ccccc2c1. The lowest BCUT2D eigenvalue weighted by molar-refractivity contribution is 0.103. The lowest BCUT2D eigenvalue weighted by atomic mass is 9.98. The molecule has 1 nitrogen and oxygen atoms in total. The molecule has 0 aliphatic heterocycles. The molecule has 4 aromatic rings. The maximum absolute atomic E-state index is 12.7.